The van der Waals surface area contributed by atoms with E-state index in [1.54, 1.807) is 0 Å². The molecule has 23 heteroatoms. The Bertz CT molecular complexity index is 2110. The fraction of sp³-hybridized carbons (Fsp3) is 0.925. The van der Waals surface area contributed by atoms with Crippen LogP contribution in [0.5, 0.6) is 0 Å². The van der Waals surface area contributed by atoms with E-state index < -0.39 is 176 Å². The molecule has 4 heterocycles. The zero-order chi connectivity index (χ0) is 55.4. The average molecular weight is 1090 g/mol. The molecule has 0 bridgehead atoms. The molecule has 0 aromatic carbocycles. The van der Waals surface area contributed by atoms with Crippen molar-refractivity contribution in [1.82, 2.24) is 0 Å². The van der Waals surface area contributed by atoms with E-state index in [4.69, 9.17) is 37.9 Å². The lowest BCUT2D eigenvalue weighted by atomic mass is 9.33. The summed E-state index contributed by atoms with van der Waals surface area (Å²) in [7, 11) is 0. The first kappa shape index (κ1) is 58.7. The zero-order valence-electron chi connectivity index (χ0n) is 44.2. The highest BCUT2D eigenvalue weighted by atomic mass is 16.8. The van der Waals surface area contributed by atoms with E-state index in [2.05, 4.69) is 47.6 Å². The van der Waals surface area contributed by atoms with Crippen molar-refractivity contribution in [3.05, 3.63) is 11.6 Å². The first-order chi connectivity index (χ1) is 35.7. The molecule has 9 aliphatic rings. The maximum absolute atomic E-state index is 15.1. The molecule has 434 valence electrons. The maximum Gasteiger partial charge on any atom is 0.315 e. The fourth-order valence-corrected chi connectivity index (χ4v) is 16.1. The van der Waals surface area contributed by atoms with E-state index in [-0.39, 0.29) is 35.7 Å². The number of hydrogen-bond acceptors (Lipinski definition) is 23. The van der Waals surface area contributed by atoms with Crippen LogP contribution in [-0.4, -0.2) is 228 Å². The second kappa shape index (κ2) is 21.4. The van der Waals surface area contributed by atoms with Crippen LogP contribution in [0.15, 0.2) is 11.6 Å². The van der Waals surface area contributed by atoms with Crippen LogP contribution in [0.2, 0.25) is 0 Å². The molecule has 0 amide bonds. The Morgan fingerprint density at radius 3 is 1.84 bits per heavy atom. The Morgan fingerprint density at radius 2 is 1.21 bits per heavy atom. The Morgan fingerprint density at radius 1 is 0.632 bits per heavy atom. The number of rotatable bonds is 12. The van der Waals surface area contributed by atoms with Crippen LogP contribution in [-0.2, 0) is 47.5 Å². The van der Waals surface area contributed by atoms with Gasteiger partial charge < -0.3 is 109 Å². The van der Waals surface area contributed by atoms with Gasteiger partial charge in [0.05, 0.1) is 43.4 Å². The number of carbonyl (C=O) groups is 2. The number of carbonyl (C=O) groups excluding carboxylic acids is 2. The molecule has 0 spiro atoms. The van der Waals surface area contributed by atoms with Gasteiger partial charge in [-0.2, -0.15) is 0 Å². The summed E-state index contributed by atoms with van der Waals surface area (Å²) in [6.45, 7) is 10.8. The molecule has 4 saturated carbocycles. The lowest BCUT2D eigenvalue weighted by Gasteiger charge is -2.70. The number of ether oxygens (including phenoxy) is 8. The molecule has 13 N–H and O–H groups in total. The van der Waals surface area contributed by atoms with E-state index in [1.165, 1.54) is 0 Å². The Kier molecular flexibility index (Phi) is 16.6. The van der Waals surface area contributed by atoms with Crippen molar-refractivity contribution in [3.8, 4) is 0 Å². The lowest BCUT2D eigenvalue weighted by Crippen LogP contribution is -2.67. The van der Waals surface area contributed by atoms with Crippen LogP contribution in [0.1, 0.15) is 106 Å². The largest absolute Gasteiger partial charge is 0.432 e. The van der Waals surface area contributed by atoms with Gasteiger partial charge in [0, 0.05) is 0 Å². The minimum Gasteiger partial charge on any atom is -0.432 e. The molecule has 5 aliphatic carbocycles. The molecule has 0 radical (unpaired) electrons. The third-order valence-corrected chi connectivity index (χ3v) is 20.7. The van der Waals surface area contributed by atoms with Gasteiger partial charge in [0.1, 0.15) is 97.8 Å². The number of aliphatic hydroxyl groups excluding tert-OH is 13. The molecule has 4 saturated heterocycles. The van der Waals surface area contributed by atoms with E-state index in [0.717, 1.165) is 11.9 Å². The molecule has 27 atom stereocenters. The molecular weight excluding hydrogens is 1000 g/mol. The molecular formula is C53H84O23. The van der Waals surface area contributed by atoms with Crippen LogP contribution in [0, 0.1) is 50.2 Å². The quantitative estimate of drug-likeness (QED) is 0.0426. The molecule has 4 aliphatic heterocycles. The molecule has 27 unspecified atom stereocenters. The minimum absolute atomic E-state index is 0.00924. The number of aldehydes is 1. The van der Waals surface area contributed by atoms with E-state index >= 15 is 4.79 Å². The lowest BCUT2D eigenvalue weighted by molar-refractivity contribution is -0.367. The normalized spacial score (nSPS) is 52.9. The van der Waals surface area contributed by atoms with E-state index in [9.17, 15) is 71.2 Å². The number of esters is 1. The smallest absolute Gasteiger partial charge is 0.315 e. The third kappa shape index (κ3) is 9.47. The SMILES string of the molecule is CC1(C)CCC2(C(=O)OC3OC(COC4OC(CO)C(O)C(O)C4O)C(O)C(O)C3O)CCC3(C=O)C(=CCC4C5(C)CCC(OC6OCC(O)C(O)C6OC6OC(CO)C(O)C(O)C6O)C(C)(C)C5CCC43C)C2C1. The number of fused-ring (bicyclic) bond motifs is 7. The van der Waals surface area contributed by atoms with Crippen LogP contribution < -0.4 is 0 Å². The standard InChI is InChI=1S/C53H84O23/c1-48(2)13-14-52(47(68)76-45-41(67)38(64)35(61)28(73-45)21-70-43-39(65)36(62)33(59)26(18-54)71-43)15-16-53(22-56)23(24(52)17-48)7-8-30-50(5)11-10-31(49(3,4)29(50)9-12-51(30,53)6)74-46-42(32(58)25(57)20-69-46)75-44-40(66)37(63)34(60)27(19-55)72-44/h7,22,24-46,54-55,57-67H,8-21H2,1-6H3. The second-order valence-corrected chi connectivity index (χ2v) is 25.6. The second-order valence-electron chi connectivity index (χ2n) is 25.6. The van der Waals surface area contributed by atoms with Gasteiger partial charge in [-0.1, -0.05) is 53.2 Å². The third-order valence-electron chi connectivity index (χ3n) is 20.7. The zero-order valence-corrected chi connectivity index (χ0v) is 44.2. The van der Waals surface area contributed by atoms with Crippen LogP contribution in [0.4, 0.5) is 0 Å². The molecule has 8 fully saturated rings. The topological polar surface area (TPSA) is 371 Å². The Balaban J connectivity index is 0.934. The van der Waals surface area contributed by atoms with Crippen molar-refractivity contribution >= 4 is 12.3 Å². The average Bonchev–Trinajstić information content (AvgIpc) is 3.42. The summed E-state index contributed by atoms with van der Waals surface area (Å²) in [5, 5.41) is 137. The highest BCUT2D eigenvalue weighted by Gasteiger charge is 2.71. The van der Waals surface area contributed by atoms with Crippen molar-refractivity contribution in [3.63, 3.8) is 0 Å². The van der Waals surface area contributed by atoms with E-state index in [0.29, 0.717) is 57.8 Å². The predicted octanol–water partition coefficient (Wildman–Crippen LogP) is -2.22. The summed E-state index contributed by atoms with van der Waals surface area (Å²) in [6.07, 6.45) is -22.2. The number of allylic oxidation sites excluding steroid dienone is 2. The van der Waals surface area contributed by atoms with Crippen LogP contribution in [0.25, 0.3) is 0 Å². The van der Waals surface area contributed by atoms with Gasteiger partial charge in [0.25, 0.3) is 0 Å². The van der Waals surface area contributed by atoms with Gasteiger partial charge in [0.15, 0.2) is 18.9 Å². The van der Waals surface area contributed by atoms with Crippen LogP contribution >= 0.6 is 0 Å². The fourth-order valence-electron chi connectivity index (χ4n) is 16.1. The highest BCUT2D eigenvalue weighted by molar-refractivity contribution is 5.81. The summed E-state index contributed by atoms with van der Waals surface area (Å²) >= 11 is 0. The highest BCUT2D eigenvalue weighted by Crippen LogP contribution is 2.75. The molecule has 23 nitrogen and oxygen atoms in total. The van der Waals surface area contributed by atoms with Crippen LogP contribution in [0.3, 0.4) is 0 Å². The van der Waals surface area contributed by atoms with Gasteiger partial charge in [-0.25, -0.2) is 0 Å². The van der Waals surface area contributed by atoms with Gasteiger partial charge in [-0.15, -0.1) is 0 Å². The van der Waals surface area contributed by atoms with Gasteiger partial charge in [0.2, 0.25) is 6.29 Å². The van der Waals surface area contributed by atoms with Crippen molar-refractivity contribution in [2.45, 2.75) is 229 Å². The molecule has 0 aromatic rings. The summed E-state index contributed by atoms with van der Waals surface area (Å²) < 4.78 is 47.4. The van der Waals surface area contributed by atoms with Gasteiger partial charge in [-0.05, 0) is 104 Å². The first-order valence-electron chi connectivity index (χ1n) is 27.3. The maximum atomic E-state index is 15.1. The number of hydrogen-bond donors (Lipinski definition) is 13. The summed E-state index contributed by atoms with van der Waals surface area (Å²) in [5.74, 6) is -1.07. The van der Waals surface area contributed by atoms with E-state index in [1.807, 2.05) is 0 Å². The molecule has 76 heavy (non-hydrogen) atoms. The van der Waals surface area contributed by atoms with Crippen molar-refractivity contribution in [2.24, 2.45) is 50.2 Å². The predicted molar refractivity (Wildman–Crippen MR) is 257 cm³/mol. The molecule has 9 rings (SSSR count). The number of aliphatic hydroxyl groups is 13. The Hall–Kier alpha value is -1.92. The molecule has 0 aromatic heterocycles. The summed E-state index contributed by atoms with van der Waals surface area (Å²) in [5.41, 5.74) is -2.87. The summed E-state index contributed by atoms with van der Waals surface area (Å²) in [6, 6.07) is 0. The monoisotopic (exact) mass is 1090 g/mol. The van der Waals surface area contributed by atoms with Crippen molar-refractivity contribution in [1.29, 1.82) is 0 Å². The van der Waals surface area contributed by atoms with Crippen molar-refractivity contribution < 1.29 is 114 Å². The van der Waals surface area contributed by atoms with Gasteiger partial charge >= 0.3 is 5.97 Å². The van der Waals surface area contributed by atoms with Crippen molar-refractivity contribution in [2.75, 3.05) is 26.4 Å². The summed E-state index contributed by atoms with van der Waals surface area (Å²) in [4.78, 5) is 29.4. The first-order valence-corrected chi connectivity index (χ1v) is 27.3. The Labute approximate surface area is 442 Å². The van der Waals surface area contributed by atoms with Gasteiger partial charge in [-0.3, -0.25) is 4.79 Å². The minimum atomic E-state index is -1.88.